The molecule has 136 valence electrons. The highest BCUT2D eigenvalue weighted by atomic mass is 28.4. The first-order chi connectivity index (χ1) is 10.4. The summed E-state index contributed by atoms with van der Waals surface area (Å²) < 4.78 is 6.51. The molecule has 1 amide bonds. The Morgan fingerprint density at radius 1 is 1.30 bits per heavy atom. The van der Waals surface area contributed by atoms with Gasteiger partial charge in [-0.1, -0.05) is 34.6 Å². The number of nitrogens with one attached hydrogen (secondary N) is 1. The molecule has 0 rings (SSSR count). The van der Waals surface area contributed by atoms with Crippen LogP contribution in [0.15, 0.2) is 0 Å². The molecule has 0 aromatic rings. The molecule has 23 heavy (non-hydrogen) atoms. The molecule has 0 bridgehead atoms. The van der Waals surface area contributed by atoms with Crippen molar-refractivity contribution in [3.63, 3.8) is 0 Å². The van der Waals surface area contributed by atoms with Crippen LogP contribution in [0.25, 0.3) is 0 Å². The Labute approximate surface area is 142 Å². The van der Waals surface area contributed by atoms with Gasteiger partial charge in [0.15, 0.2) is 8.32 Å². The van der Waals surface area contributed by atoms with Crippen LogP contribution in [-0.4, -0.2) is 37.9 Å². The van der Waals surface area contributed by atoms with E-state index in [-0.39, 0.29) is 17.2 Å². The molecule has 2 unspecified atom stereocenters. The Morgan fingerprint density at radius 3 is 2.26 bits per heavy atom. The van der Waals surface area contributed by atoms with Crippen LogP contribution in [0.2, 0.25) is 18.1 Å². The van der Waals surface area contributed by atoms with E-state index in [0.717, 1.165) is 19.1 Å². The molecule has 6 heteroatoms. The minimum atomic E-state index is -2.01. The number of amides is 1. The van der Waals surface area contributed by atoms with Gasteiger partial charge in [0.1, 0.15) is 6.29 Å². The van der Waals surface area contributed by atoms with Crippen molar-refractivity contribution in [3.8, 4) is 0 Å². The minimum Gasteiger partial charge on any atom is -0.465 e. The Bertz CT molecular complexity index is 377. The van der Waals surface area contributed by atoms with Crippen LogP contribution < -0.4 is 5.32 Å². The van der Waals surface area contributed by atoms with E-state index in [1.807, 2.05) is 0 Å². The lowest BCUT2D eigenvalue weighted by molar-refractivity contribution is -0.108. The summed E-state index contributed by atoms with van der Waals surface area (Å²) in [6, 6.07) is -0.242. The number of aldehydes is 1. The Morgan fingerprint density at radius 2 is 1.87 bits per heavy atom. The minimum absolute atomic E-state index is 0.0571. The van der Waals surface area contributed by atoms with E-state index in [1.165, 1.54) is 0 Å². The fourth-order valence-electron chi connectivity index (χ4n) is 2.27. The van der Waals surface area contributed by atoms with Crippen molar-refractivity contribution in [1.29, 1.82) is 0 Å². The average Bonchev–Trinajstić information content (AvgIpc) is 2.34. The Kier molecular flexibility index (Phi) is 9.06. The summed E-state index contributed by atoms with van der Waals surface area (Å²) in [6.45, 7) is 15.0. The van der Waals surface area contributed by atoms with Crippen LogP contribution in [0.3, 0.4) is 0 Å². The number of hydrogen-bond acceptors (Lipinski definition) is 3. The lowest BCUT2D eigenvalue weighted by Crippen LogP contribution is -2.52. The van der Waals surface area contributed by atoms with E-state index in [2.05, 4.69) is 53.0 Å². The molecule has 0 aliphatic rings. The predicted molar refractivity (Wildman–Crippen MR) is 96.4 cm³/mol. The number of carbonyl (C=O) groups excluding carboxylic acids is 1. The first kappa shape index (κ1) is 22.1. The van der Waals surface area contributed by atoms with Crippen LogP contribution >= 0.6 is 0 Å². The van der Waals surface area contributed by atoms with Crippen molar-refractivity contribution >= 4 is 20.7 Å². The van der Waals surface area contributed by atoms with Gasteiger partial charge in [-0.2, -0.15) is 0 Å². The second kappa shape index (κ2) is 9.42. The number of unbranched alkanes of at least 4 members (excludes halogenated alkanes) is 1. The zero-order valence-electron chi connectivity index (χ0n) is 15.8. The molecule has 0 spiro atoms. The van der Waals surface area contributed by atoms with Gasteiger partial charge in [-0.25, -0.2) is 4.79 Å². The van der Waals surface area contributed by atoms with Gasteiger partial charge in [0.05, 0.1) is 12.1 Å². The SMILES string of the molecule is CC(C)CC(NC(=O)O)C(CCCC=O)O[Si](C)(C)C(C)(C)C. The Balaban J connectivity index is 5.26. The van der Waals surface area contributed by atoms with Crippen molar-refractivity contribution in [2.75, 3.05) is 0 Å². The molecule has 5 nitrogen and oxygen atoms in total. The third-order valence-corrected chi connectivity index (χ3v) is 9.05. The maximum atomic E-state index is 11.2. The van der Waals surface area contributed by atoms with Crippen LogP contribution in [0.1, 0.15) is 60.3 Å². The summed E-state index contributed by atoms with van der Waals surface area (Å²) in [5, 5.41) is 11.9. The summed E-state index contributed by atoms with van der Waals surface area (Å²) in [5.74, 6) is 0.364. The standard InChI is InChI=1S/C17H35NO4Si/c1-13(2)12-14(18-16(20)21)15(10-8-9-11-19)22-23(6,7)17(3,4)5/h11,13-15,18H,8-10,12H2,1-7H3,(H,20,21). The van der Waals surface area contributed by atoms with Crippen LogP contribution in [0.5, 0.6) is 0 Å². The van der Waals surface area contributed by atoms with Crippen molar-refractivity contribution in [1.82, 2.24) is 5.32 Å². The largest absolute Gasteiger partial charge is 0.465 e. The van der Waals surface area contributed by atoms with Crippen molar-refractivity contribution in [3.05, 3.63) is 0 Å². The first-order valence-electron chi connectivity index (χ1n) is 8.51. The molecule has 0 aliphatic heterocycles. The number of rotatable bonds is 10. The Hall–Kier alpha value is -0.883. The van der Waals surface area contributed by atoms with E-state index >= 15 is 0 Å². The van der Waals surface area contributed by atoms with E-state index in [1.54, 1.807) is 0 Å². The van der Waals surface area contributed by atoms with Gasteiger partial charge < -0.3 is 19.6 Å². The fourth-order valence-corrected chi connectivity index (χ4v) is 3.66. The zero-order chi connectivity index (χ0) is 18.3. The quantitative estimate of drug-likeness (QED) is 0.349. The zero-order valence-corrected chi connectivity index (χ0v) is 16.8. The third kappa shape index (κ3) is 8.51. The van der Waals surface area contributed by atoms with Gasteiger partial charge in [0.25, 0.3) is 0 Å². The van der Waals surface area contributed by atoms with Crippen molar-refractivity contribution < 1.29 is 19.1 Å². The molecule has 0 radical (unpaired) electrons. The second-order valence-corrected chi connectivity index (χ2v) is 13.0. The lowest BCUT2D eigenvalue weighted by atomic mass is 9.96. The van der Waals surface area contributed by atoms with Crippen molar-refractivity contribution in [2.24, 2.45) is 5.92 Å². The molecule has 0 aromatic heterocycles. The maximum Gasteiger partial charge on any atom is 0.404 e. The van der Waals surface area contributed by atoms with Gasteiger partial charge in [0.2, 0.25) is 0 Å². The summed E-state index contributed by atoms with van der Waals surface area (Å²) in [5.41, 5.74) is 0. The summed E-state index contributed by atoms with van der Waals surface area (Å²) in [6.07, 6.45) is 2.34. The molecule has 0 fully saturated rings. The molecular weight excluding hydrogens is 310 g/mol. The van der Waals surface area contributed by atoms with Gasteiger partial charge in [-0.3, -0.25) is 0 Å². The molecule has 0 saturated heterocycles. The highest BCUT2D eigenvalue weighted by Crippen LogP contribution is 2.38. The van der Waals surface area contributed by atoms with Crippen LogP contribution in [-0.2, 0) is 9.22 Å². The fraction of sp³-hybridized carbons (Fsp3) is 0.882. The molecule has 2 N–H and O–H groups in total. The van der Waals surface area contributed by atoms with Crippen molar-refractivity contribution in [2.45, 2.75) is 90.6 Å². The highest BCUT2D eigenvalue weighted by molar-refractivity contribution is 6.74. The smallest absolute Gasteiger partial charge is 0.404 e. The monoisotopic (exact) mass is 345 g/mol. The molecule has 0 aliphatic carbocycles. The third-order valence-electron chi connectivity index (χ3n) is 4.55. The number of carboxylic acid groups (broad SMARTS) is 1. The molecule has 0 aromatic carbocycles. The van der Waals surface area contributed by atoms with E-state index in [9.17, 15) is 9.59 Å². The lowest BCUT2D eigenvalue weighted by Gasteiger charge is -2.41. The number of carbonyl (C=O) groups is 2. The molecule has 0 heterocycles. The summed E-state index contributed by atoms with van der Waals surface area (Å²) >= 11 is 0. The first-order valence-corrected chi connectivity index (χ1v) is 11.4. The average molecular weight is 346 g/mol. The second-order valence-electron chi connectivity index (χ2n) is 8.20. The van der Waals surface area contributed by atoms with Gasteiger partial charge in [0, 0.05) is 6.42 Å². The van der Waals surface area contributed by atoms with Crippen LogP contribution in [0.4, 0.5) is 4.79 Å². The predicted octanol–water partition coefficient (Wildman–Crippen LogP) is 4.43. The van der Waals surface area contributed by atoms with Crippen LogP contribution in [0, 0.1) is 5.92 Å². The molecule has 0 saturated carbocycles. The topological polar surface area (TPSA) is 75.6 Å². The summed E-state index contributed by atoms with van der Waals surface area (Å²) in [4.78, 5) is 21.8. The molecule has 2 atom stereocenters. The van der Waals surface area contributed by atoms with E-state index in [4.69, 9.17) is 9.53 Å². The normalized spacial score (nSPS) is 15.3. The molecular formula is C17H35NO4Si. The maximum absolute atomic E-state index is 11.2. The van der Waals surface area contributed by atoms with Gasteiger partial charge in [-0.05, 0) is 43.3 Å². The van der Waals surface area contributed by atoms with E-state index < -0.39 is 14.4 Å². The van der Waals surface area contributed by atoms with Gasteiger partial charge in [-0.15, -0.1) is 0 Å². The van der Waals surface area contributed by atoms with E-state index in [0.29, 0.717) is 18.8 Å². The van der Waals surface area contributed by atoms with Gasteiger partial charge >= 0.3 is 6.09 Å². The number of hydrogen-bond donors (Lipinski definition) is 2. The summed E-state index contributed by atoms with van der Waals surface area (Å²) in [7, 11) is -2.01. The highest BCUT2D eigenvalue weighted by Gasteiger charge is 2.40.